The summed E-state index contributed by atoms with van der Waals surface area (Å²) >= 11 is 0. The number of aldehydes is 1. The van der Waals surface area contributed by atoms with E-state index in [0.29, 0.717) is 0 Å². The Hall–Kier alpha value is -1.16. The van der Waals surface area contributed by atoms with Crippen LogP contribution >= 0.6 is 0 Å². The van der Waals surface area contributed by atoms with Crippen LogP contribution in [0.15, 0.2) is 12.4 Å². The van der Waals surface area contributed by atoms with E-state index in [0.717, 1.165) is 32.2 Å². The second-order valence-electron chi connectivity index (χ2n) is 4.51. The molecule has 1 aliphatic heterocycles. The normalized spacial score (nSPS) is 22.2. The van der Waals surface area contributed by atoms with Crippen molar-refractivity contribution in [2.45, 2.75) is 31.7 Å². The SMILES string of the molecule is Cn1cc(CCN2CCCCC2C=O)cn1. The van der Waals surface area contributed by atoms with Gasteiger partial charge in [0.05, 0.1) is 12.2 Å². The van der Waals surface area contributed by atoms with Crippen molar-refractivity contribution in [3.8, 4) is 0 Å². The second-order valence-corrected chi connectivity index (χ2v) is 4.51. The Balaban J connectivity index is 1.86. The van der Waals surface area contributed by atoms with Gasteiger partial charge in [0.1, 0.15) is 6.29 Å². The molecule has 1 atom stereocenters. The maximum Gasteiger partial charge on any atom is 0.137 e. The van der Waals surface area contributed by atoms with Gasteiger partial charge in [0.15, 0.2) is 0 Å². The topological polar surface area (TPSA) is 38.1 Å². The van der Waals surface area contributed by atoms with Crippen molar-refractivity contribution >= 4 is 6.29 Å². The first-order valence-corrected chi connectivity index (χ1v) is 5.96. The summed E-state index contributed by atoms with van der Waals surface area (Å²) in [6.45, 7) is 2.03. The fourth-order valence-electron chi connectivity index (χ4n) is 2.32. The van der Waals surface area contributed by atoms with Crippen LogP contribution in [0.5, 0.6) is 0 Å². The van der Waals surface area contributed by atoms with Crippen molar-refractivity contribution < 1.29 is 4.79 Å². The minimum atomic E-state index is 0.144. The van der Waals surface area contributed by atoms with E-state index in [-0.39, 0.29) is 6.04 Å². The van der Waals surface area contributed by atoms with Gasteiger partial charge >= 0.3 is 0 Å². The summed E-state index contributed by atoms with van der Waals surface area (Å²) in [5, 5.41) is 4.15. The molecular formula is C12H19N3O. The van der Waals surface area contributed by atoms with Crippen molar-refractivity contribution in [2.24, 2.45) is 7.05 Å². The first kappa shape index (κ1) is 11.3. The number of carbonyl (C=O) groups excluding carboxylic acids is 1. The third-order valence-corrected chi connectivity index (χ3v) is 3.27. The molecule has 16 heavy (non-hydrogen) atoms. The maximum atomic E-state index is 10.9. The van der Waals surface area contributed by atoms with Crippen LogP contribution in [0.25, 0.3) is 0 Å². The predicted molar refractivity (Wildman–Crippen MR) is 62.2 cm³/mol. The van der Waals surface area contributed by atoms with E-state index < -0.39 is 0 Å². The number of carbonyl (C=O) groups is 1. The highest BCUT2D eigenvalue weighted by Gasteiger charge is 2.21. The lowest BCUT2D eigenvalue weighted by Crippen LogP contribution is -2.41. The molecule has 0 saturated carbocycles. The number of likely N-dealkylation sites (tertiary alicyclic amines) is 1. The standard InChI is InChI=1S/C12H19N3O/c1-14-9-11(8-13-14)5-7-15-6-3-2-4-12(15)10-16/h8-10,12H,2-7H2,1H3. The molecule has 0 aliphatic carbocycles. The molecule has 0 N–H and O–H groups in total. The van der Waals surface area contributed by atoms with Crippen molar-refractivity contribution in [3.63, 3.8) is 0 Å². The molecule has 88 valence electrons. The monoisotopic (exact) mass is 221 g/mol. The van der Waals surface area contributed by atoms with Crippen LogP contribution in [-0.2, 0) is 18.3 Å². The zero-order valence-electron chi connectivity index (χ0n) is 9.80. The van der Waals surface area contributed by atoms with Crippen LogP contribution in [0.2, 0.25) is 0 Å². The van der Waals surface area contributed by atoms with E-state index in [2.05, 4.69) is 10.00 Å². The molecule has 0 spiro atoms. The third kappa shape index (κ3) is 2.70. The van der Waals surface area contributed by atoms with Gasteiger partial charge in [0.2, 0.25) is 0 Å². The summed E-state index contributed by atoms with van der Waals surface area (Å²) in [6.07, 6.45) is 9.46. The number of hydrogen-bond acceptors (Lipinski definition) is 3. The summed E-state index contributed by atoms with van der Waals surface area (Å²) in [7, 11) is 1.93. The van der Waals surface area contributed by atoms with Gasteiger partial charge in [0.25, 0.3) is 0 Å². The zero-order chi connectivity index (χ0) is 11.4. The molecule has 0 amide bonds. The highest BCUT2D eigenvalue weighted by atomic mass is 16.1. The van der Waals surface area contributed by atoms with Crippen molar-refractivity contribution in [3.05, 3.63) is 18.0 Å². The van der Waals surface area contributed by atoms with E-state index in [1.165, 1.54) is 18.4 Å². The Morgan fingerprint density at radius 3 is 3.12 bits per heavy atom. The number of nitrogens with zero attached hydrogens (tertiary/aromatic N) is 3. The average molecular weight is 221 g/mol. The summed E-state index contributed by atoms with van der Waals surface area (Å²) in [5.74, 6) is 0. The molecule has 1 aliphatic rings. The molecule has 0 radical (unpaired) electrons. The summed E-state index contributed by atoms with van der Waals surface area (Å²) < 4.78 is 1.82. The lowest BCUT2D eigenvalue weighted by Gasteiger charge is -2.31. The largest absolute Gasteiger partial charge is 0.302 e. The molecule has 2 heterocycles. The number of aromatic nitrogens is 2. The van der Waals surface area contributed by atoms with E-state index in [9.17, 15) is 4.79 Å². The second kappa shape index (κ2) is 5.25. The van der Waals surface area contributed by atoms with E-state index >= 15 is 0 Å². The Morgan fingerprint density at radius 1 is 1.56 bits per heavy atom. The van der Waals surface area contributed by atoms with E-state index in [1.54, 1.807) is 0 Å². The fourth-order valence-corrected chi connectivity index (χ4v) is 2.32. The van der Waals surface area contributed by atoms with Crippen LogP contribution < -0.4 is 0 Å². The van der Waals surface area contributed by atoms with Gasteiger partial charge in [-0.05, 0) is 31.4 Å². The summed E-state index contributed by atoms with van der Waals surface area (Å²) in [5.41, 5.74) is 1.25. The lowest BCUT2D eigenvalue weighted by atomic mass is 10.0. The maximum absolute atomic E-state index is 10.9. The van der Waals surface area contributed by atoms with Crippen molar-refractivity contribution in [1.82, 2.24) is 14.7 Å². The molecule has 4 nitrogen and oxygen atoms in total. The molecule has 1 aromatic heterocycles. The van der Waals surface area contributed by atoms with Gasteiger partial charge in [0, 0.05) is 19.8 Å². The molecular weight excluding hydrogens is 202 g/mol. The van der Waals surface area contributed by atoms with Crippen LogP contribution in [-0.4, -0.2) is 40.1 Å². The van der Waals surface area contributed by atoms with Crippen LogP contribution in [0.1, 0.15) is 24.8 Å². The Labute approximate surface area is 96.2 Å². The van der Waals surface area contributed by atoms with Gasteiger partial charge in [-0.1, -0.05) is 6.42 Å². The fraction of sp³-hybridized carbons (Fsp3) is 0.667. The molecule has 0 bridgehead atoms. The highest BCUT2D eigenvalue weighted by molar-refractivity contribution is 5.57. The highest BCUT2D eigenvalue weighted by Crippen LogP contribution is 2.15. The molecule has 1 aromatic rings. The minimum Gasteiger partial charge on any atom is -0.302 e. The molecule has 2 rings (SSSR count). The van der Waals surface area contributed by atoms with Gasteiger partial charge in [-0.15, -0.1) is 0 Å². The summed E-state index contributed by atoms with van der Waals surface area (Å²) in [4.78, 5) is 13.2. The van der Waals surface area contributed by atoms with Gasteiger partial charge in [-0.25, -0.2) is 0 Å². The van der Waals surface area contributed by atoms with Gasteiger partial charge in [-0.2, -0.15) is 5.10 Å². The zero-order valence-corrected chi connectivity index (χ0v) is 9.80. The predicted octanol–water partition coefficient (Wildman–Crippen LogP) is 1.02. The molecule has 1 fully saturated rings. The van der Waals surface area contributed by atoms with Gasteiger partial charge < -0.3 is 4.79 Å². The molecule has 1 unspecified atom stereocenters. The van der Waals surface area contributed by atoms with E-state index in [1.807, 2.05) is 24.1 Å². The number of rotatable bonds is 4. The number of hydrogen-bond donors (Lipinski definition) is 0. The van der Waals surface area contributed by atoms with Crippen molar-refractivity contribution in [1.29, 1.82) is 0 Å². The van der Waals surface area contributed by atoms with Crippen molar-refractivity contribution in [2.75, 3.05) is 13.1 Å². The first-order chi connectivity index (χ1) is 7.79. The quantitative estimate of drug-likeness (QED) is 0.712. The van der Waals surface area contributed by atoms with Gasteiger partial charge in [-0.3, -0.25) is 9.58 Å². The number of aryl methyl sites for hydroxylation is 1. The number of piperidine rings is 1. The first-order valence-electron chi connectivity index (χ1n) is 5.96. The molecule has 4 heteroatoms. The molecule has 1 saturated heterocycles. The lowest BCUT2D eigenvalue weighted by molar-refractivity contribution is -0.113. The third-order valence-electron chi connectivity index (χ3n) is 3.27. The Kier molecular flexibility index (Phi) is 3.72. The van der Waals surface area contributed by atoms with Crippen LogP contribution in [0.4, 0.5) is 0 Å². The minimum absolute atomic E-state index is 0.144. The van der Waals surface area contributed by atoms with Crippen LogP contribution in [0.3, 0.4) is 0 Å². The van der Waals surface area contributed by atoms with Crippen LogP contribution in [0, 0.1) is 0 Å². The smallest absolute Gasteiger partial charge is 0.137 e. The summed E-state index contributed by atoms with van der Waals surface area (Å²) in [6, 6.07) is 0.144. The molecule has 0 aromatic carbocycles. The average Bonchev–Trinajstić information content (AvgIpc) is 2.73. The van der Waals surface area contributed by atoms with E-state index in [4.69, 9.17) is 0 Å². The Morgan fingerprint density at radius 2 is 2.44 bits per heavy atom. The Bertz CT molecular complexity index is 348.